The Labute approximate surface area is 151 Å². The normalized spacial score (nSPS) is 12.5. The number of amides is 1. The van der Waals surface area contributed by atoms with Gasteiger partial charge in [0.2, 0.25) is 0 Å². The molecule has 0 saturated carbocycles. The summed E-state index contributed by atoms with van der Waals surface area (Å²) in [4.78, 5) is 48.4. The Kier molecular flexibility index (Phi) is 7.77. The first-order valence-corrected chi connectivity index (χ1v) is 7.85. The summed E-state index contributed by atoms with van der Waals surface area (Å²) in [5, 5.41) is 2.46. The quantitative estimate of drug-likeness (QED) is 0.565. The summed E-state index contributed by atoms with van der Waals surface area (Å²) in [5.74, 6) is -4.30. The molecule has 8 nitrogen and oxygen atoms in total. The lowest BCUT2D eigenvalue weighted by molar-refractivity contribution is -0.158. The minimum atomic E-state index is -1.40. The molecule has 0 aliphatic rings. The van der Waals surface area contributed by atoms with Crippen molar-refractivity contribution in [2.24, 2.45) is 5.92 Å². The van der Waals surface area contributed by atoms with Crippen LogP contribution in [0.3, 0.4) is 0 Å². The van der Waals surface area contributed by atoms with Crippen LogP contribution in [0.1, 0.15) is 27.9 Å². The van der Waals surface area contributed by atoms with Gasteiger partial charge in [0.05, 0.1) is 33.7 Å². The fraction of sp³-hybridized carbons (Fsp3) is 0.444. The molecular weight excluding hydrogens is 342 g/mol. The maximum absolute atomic E-state index is 12.6. The molecule has 26 heavy (non-hydrogen) atoms. The number of benzene rings is 1. The van der Waals surface area contributed by atoms with Crippen LogP contribution in [0.5, 0.6) is 0 Å². The van der Waals surface area contributed by atoms with Crippen LogP contribution in [0.15, 0.2) is 18.2 Å². The zero-order valence-electron chi connectivity index (χ0n) is 15.5. The number of carbonyl (C=O) groups excluding carboxylic acids is 4. The third-order valence-electron chi connectivity index (χ3n) is 3.75. The van der Waals surface area contributed by atoms with Crippen molar-refractivity contribution in [3.8, 4) is 0 Å². The lowest BCUT2D eigenvalue weighted by atomic mass is 9.95. The van der Waals surface area contributed by atoms with E-state index in [9.17, 15) is 19.2 Å². The molecular formula is C18H23NO7. The predicted octanol–water partition coefficient (Wildman–Crippen LogP) is 0.927. The predicted molar refractivity (Wildman–Crippen MR) is 91.3 cm³/mol. The average Bonchev–Trinajstić information content (AvgIpc) is 2.61. The van der Waals surface area contributed by atoms with E-state index in [4.69, 9.17) is 0 Å². The lowest BCUT2D eigenvalue weighted by Gasteiger charge is -2.23. The number of rotatable bonds is 7. The molecule has 0 aliphatic heterocycles. The topological polar surface area (TPSA) is 108 Å². The SMILES string of the molecule is COC(=O)C[C@@H](C(=O)OC)[C@H](NC(=O)c1cc(C)cc(C)c1)C(=O)OC. The summed E-state index contributed by atoms with van der Waals surface area (Å²) < 4.78 is 13.9. The highest BCUT2D eigenvalue weighted by Crippen LogP contribution is 2.16. The van der Waals surface area contributed by atoms with Crippen molar-refractivity contribution >= 4 is 23.8 Å². The van der Waals surface area contributed by atoms with E-state index in [1.165, 1.54) is 0 Å². The Morgan fingerprint density at radius 2 is 1.42 bits per heavy atom. The van der Waals surface area contributed by atoms with E-state index in [2.05, 4.69) is 19.5 Å². The highest BCUT2D eigenvalue weighted by Gasteiger charge is 2.38. The molecule has 0 aliphatic carbocycles. The van der Waals surface area contributed by atoms with E-state index in [-0.39, 0.29) is 0 Å². The second kappa shape index (κ2) is 9.55. The Bertz CT molecular complexity index is 679. The number of hydrogen-bond acceptors (Lipinski definition) is 7. The summed E-state index contributed by atoms with van der Waals surface area (Å²) in [7, 11) is 3.38. The number of carbonyl (C=O) groups is 4. The van der Waals surface area contributed by atoms with Gasteiger partial charge in [0, 0.05) is 5.56 Å². The Morgan fingerprint density at radius 3 is 1.88 bits per heavy atom. The van der Waals surface area contributed by atoms with E-state index in [0.717, 1.165) is 32.5 Å². The van der Waals surface area contributed by atoms with Crippen LogP contribution in [0.4, 0.5) is 0 Å². The zero-order valence-corrected chi connectivity index (χ0v) is 15.5. The summed E-state index contributed by atoms with van der Waals surface area (Å²) in [5.41, 5.74) is 2.05. The molecule has 1 aromatic rings. The third-order valence-corrected chi connectivity index (χ3v) is 3.75. The van der Waals surface area contributed by atoms with E-state index < -0.39 is 42.2 Å². The van der Waals surface area contributed by atoms with Crippen LogP contribution in [-0.2, 0) is 28.6 Å². The van der Waals surface area contributed by atoms with Crippen LogP contribution in [-0.4, -0.2) is 51.2 Å². The molecule has 0 bridgehead atoms. The van der Waals surface area contributed by atoms with Gasteiger partial charge in [-0.3, -0.25) is 14.4 Å². The highest BCUT2D eigenvalue weighted by atomic mass is 16.5. The summed E-state index contributed by atoms with van der Waals surface area (Å²) in [6.45, 7) is 3.66. The van der Waals surface area contributed by atoms with Gasteiger partial charge in [0.1, 0.15) is 6.04 Å². The molecule has 1 aromatic carbocycles. The molecule has 0 heterocycles. The van der Waals surface area contributed by atoms with Crippen LogP contribution < -0.4 is 5.32 Å². The van der Waals surface area contributed by atoms with Crippen LogP contribution in [0, 0.1) is 19.8 Å². The molecule has 1 rings (SSSR count). The molecule has 2 atom stereocenters. The first-order valence-electron chi connectivity index (χ1n) is 7.85. The molecule has 1 amide bonds. The van der Waals surface area contributed by atoms with Gasteiger partial charge in [0.25, 0.3) is 5.91 Å². The maximum atomic E-state index is 12.6. The van der Waals surface area contributed by atoms with E-state index >= 15 is 0 Å². The molecule has 0 fully saturated rings. The fourth-order valence-electron chi connectivity index (χ4n) is 2.53. The summed E-state index contributed by atoms with van der Waals surface area (Å²) >= 11 is 0. The van der Waals surface area contributed by atoms with Gasteiger partial charge in [-0.05, 0) is 26.0 Å². The molecule has 0 spiro atoms. The third kappa shape index (κ3) is 5.58. The molecule has 8 heteroatoms. The largest absolute Gasteiger partial charge is 0.469 e. The van der Waals surface area contributed by atoms with Crippen LogP contribution in [0.2, 0.25) is 0 Å². The van der Waals surface area contributed by atoms with Crippen molar-refractivity contribution in [3.05, 3.63) is 34.9 Å². The number of ether oxygens (including phenoxy) is 3. The molecule has 0 aromatic heterocycles. The summed E-state index contributed by atoms with van der Waals surface area (Å²) in [6.07, 6.45) is -0.448. The van der Waals surface area contributed by atoms with Gasteiger partial charge < -0.3 is 19.5 Å². The van der Waals surface area contributed by atoms with Gasteiger partial charge in [-0.25, -0.2) is 4.79 Å². The van der Waals surface area contributed by atoms with Crippen LogP contribution >= 0.6 is 0 Å². The number of methoxy groups -OCH3 is 3. The van der Waals surface area contributed by atoms with E-state index in [1.807, 2.05) is 19.9 Å². The van der Waals surface area contributed by atoms with Crippen molar-refractivity contribution in [3.63, 3.8) is 0 Å². The Hall–Kier alpha value is -2.90. The molecule has 0 saturated heterocycles. The number of esters is 3. The highest BCUT2D eigenvalue weighted by molar-refractivity contribution is 5.98. The Balaban J connectivity index is 3.17. The lowest BCUT2D eigenvalue weighted by Crippen LogP contribution is -2.50. The van der Waals surface area contributed by atoms with Crippen molar-refractivity contribution in [1.29, 1.82) is 0 Å². The van der Waals surface area contributed by atoms with Crippen molar-refractivity contribution in [1.82, 2.24) is 5.32 Å². The second-order valence-electron chi connectivity index (χ2n) is 5.76. The standard InChI is InChI=1S/C18H23NO7/c1-10-6-11(2)8-12(7-10)16(21)19-15(18(23)26-5)13(17(22)25-4)9-14(20)24-3/h6-8,13,15H,9H2,1-5H3,(H,19,21)/t13-,15+/m1/s1. The van der Waals surface area contributed by atoms with Gasteiger partial charge in [-0.1, -0.05) is 17.2 Å². The number of aryl methyl sites for hydroxylation is 2. The monoisotopic (exact) mass is 365 g/mol. The Morgan fingerprint density at radius 1 is 0.885 bits per heavy atom. The second-order valence-corrected chi connectivity index (χ2v) is 5.76. The first kappa shape index (κ1) is 21.1. The van der Waals surface area contributed by atoms with E-state index in [1.54, 1.807) is 12.1 Å². The van der Waals surface area contributed by atoms with Gasteiger partial charge in [-0.2, -0.15) is 0 Å². The average molecular weight is 365 g/mol. The smallest absolute Gasteiger partial charge is 0.329 e. The minimum Gasteiger partial charge on any atom is -0.469 e. The summed E-state index contributed by atoms with van der Waals surface area (Å²) in [6, 6.07) is 3.78. The zero-order chi connectivity index (χ0) is 19.9. The van der Waals surface area contributed by atoms with Gasteiger partial charge in [0.15, 0.2) is 0 Å². The van der Waals surface area contributed by atoms with Crippen molar-refractivity contribution in [2.45, 2.75) is 26.3 Å². The van der Waals surface area contributed by atoms with E-state index in [0.29, 0.717) is 5.56 Å². The molecule has 142 valence electrons. The molecule has 0 unspecified atom stereocenters. The fourth-order valence-corrected chi connectivity index (χ4v) is 2.53. The minimum absolute atomic E-state index is 0.318. The first-order chi connectivity index (χ1) is 12.2. The van der Waals surface area contributed by atoms with Crippen LogP contribution in [0.25, 0.3) is 0 Å². The maximum Gasteiger partial charge on any atom is 0.329 e. The van der Waals surface area contributed by atoms with Crippen molar-refractivity contribution < 1.29 is 33.4 Å². The molecule has 0 radical (unpaired) electrons. The van der Waals surface area contributed by atoms with Crippen molar-refractivity contribution in [2.75, 3.05) is 21.3 Å². The number of hydrogen-bond donors (Lipinski definition) is 1. The van der Waals surface area contributed by atoms with Gasteiger partial charge in [-0.15, -0.1) is 0 Å². The molecule has 1 N–H and O–H groups in total. The van der Waals surface area contributed by atoms with Gasteiger partial charge >= 0.3 is 17.9 Å². The number of nitrogens with one attached hydrogen (secondary N) is 1.